The van der Waals surface area contributed by atoms with E-state index in [0.717, 1.165) is 94.7 Å². The number of hydrogen-bond donors (Lipinski definition) is 0. The first kappa shape index (κ1) is 110. The maximum absolute atomic E-state index is 3.91. The largest absolute Gasteiger partial charge is 0.103 e. The minimum Gasteiger partial charge on any atom is -0.103 e. The summed E-state index contributed by atoms with van der Waals surface area (Å²) in [4.78, 5) is 0. The van der Waals surface area contributed by atoms with Crippen LogP contribution in [0, 0.1) is 94.7 Å². The Morgan fingerprint density at radius 2 is 0.319 bits per heavy atom. The molecule has 8 aliphatic rings. The highest BCUT2D eigenvalue weighted by atomic mass is 14.3. The number of allylic oxidation sites excluding steroid dienone is 24. The second-order valence-corrected chi connectivity index (χ2v) is 37.3. The lowest BCUT2D eigenvalue weighted by molar-refractivity contribution is 0.356. The van der Waals surface area contributed by atoms with Crippen LogP contribution >= 0.6 is 0 Å². The Bertz CT molecular complexity index is 2440. The van der Waals surface area contributed by atoms with Crippen molar-refractivity contribution in [1.82, 2.24) is 0 Å². The highest BCUT2D eigenvalue weighted by Gasteiger charge is 2.23. The standard InChI is InChI=1S/C18H32.C17H30.C16H28.C15H26.C14H24.C13H22.C12H20.C11H18/c1-3-5-6-7-8-9-10-11-12-18-15-13-17(4-2)14-16-18;1-3-5-6-7-8-9-10-11-17-14-12-16(4-2)13-15-17;1-3-5-6-7-8-9-10-16-13-11-15(4-2)12-14-16;1-3-5-6-7-8-9-15-12-10-14(4-2)11-13-15;1-3-5-6-7-8-14-11-9-13(4-2)10-12-14;1-3-5-6-7-13-10-8-12(4-2)9-11-13;1-3-5-6-12-9-7-11(4-2)8-10-12;1-3-5-11-8-6-10(4-2)7-9-11/h4,11-12,17-18H,2-3,5-10,13-16H2,1H3;4,10-11,16-17H,2-3,5-9,12-15H2,1H3;4,9-10,15-16H,2-3,5-8,11-14H2,1H3;4,8-9,14-15H,2-3,5-7,10-13H2,1H3;4,7-8,13-14H,2-3,5-6,9-12H2,1H3;4,6-7,12-13H,2-3,5,8-11H2,1H3;4-6,11-12H,2-3,7-10H2,1H3;3-5,10-11H,2,6-9H2,1H3/b12-11+;11-10+;10-9+;9-8+;8-7+;7-6+;6-5+;5-3+. The smallest absolute Gasteiger partial charge is 0.0233 e. The molecule has 0 saturated heterocycles. The molecular weight excluding hydrogens is 1390 g/mol. The molecule has 116 heavy (non-hydrogen) atoms. The Hall–Kier alpha value is -4.16. The van der Waals surface area contributed by atoms with Crippen molar-refractivity contribution in [2.24, 2.45) is 94.7 Å². The van der Waals surface area contributed by atoms with Gasteiger partial charge in [-0.1, -0.05) is 303 Å². The van der Waals surface area contributed by atoms with E-state index in [0.29, 0.717) is 0 Å². The molecule has 0 unspecified atom stereocenters. The third kappa shape index (κ3) is 62.9. The first-order chi connectivity index (χ1) is 56.9. The van der Waals surface area contributed by atoms with Crippen LogP contribution < -0.4 is 0 Å². The van der Waals surface area contributed by atoms with Crippen LogP contribution in [-0.4, -0.2) is 0 Å². The van der Waals surface area contributed by atoms with Gasteiger partial charge in [-0.3, -0.25) is 0 Å². The summed E-state index contributed by atoms with van der Waals surface area (Å²) in [6, 6.07) is 0. The van der Waals surface area contributed by atoms with Crippen molar-refractivity contribution >= 4 is 0 Å². The van der Waals surface area contributed by atoms with Gasteiger partial charge in [0.15, 0.2) is 0 Å². The fourth-order valence-electron chi connectivity index (χ4n) is 18.5. The van der Waals surface area contributed by atoms with Gasteiger partial charge >= 0.3 is 0 Å². The molecule has 0 nitrogen and oxygen atoms in total. The number of hydrogen-bond acceptors (Lipinski definition) is 0. The summed E-state index contributed by atoms with van der Waals surface area (Å²) in [7, 11) is 0. The van der Waals surface area contributed by atoms with Crippen LogP contribution in [0.3, 0.4) is 0 Å². The van der Waals surface area contributed by atoms with Crippen LogP contribution in [0.15, 0.2) is 198 Å². The van der Waals surface area contributed by atoms with E-state index in [1.165, 1.54) is 385 Å². The molecule has 0 aromatic rings. The first-order valence-corrected chi connectivity index (χ1v) is 51.2. The highest BCUT2D eigenvalue weighted by molar-refractivity contribution is 5.01. The van der Waals surface area contributed by atoms with Gasteiger partial charge in [-0.05, 0) is 378 Å². The molecule has 8 rings (SSSR count). The summed E-state index contributed by atoms with van der Waals surface area (Å²) in [5.74, 6) is 13.3. The summed E-state index contributed by atoms with van der Waals surface area (Å²) in [5, 5.41) is 0. The zero-order valence-corrected chi connectivity index (χ0v) is 79.2. The van der Waals surface area contributed by atoms with Gasteiger partial charge in [-0.2, -0.15) is 0 Å². The Kier molecular flexibility index (Phi) is 77.5. The summed E-state index contributed by atoms with van der Waals surface area (Å²) in [6.07, 6.45) is 137. The Balaban J connectivity index is 0.000000666. The molecule has 0 heterocycles. The second kappa shape index (κ2) is 81.8. The van der Waals surface area contributed by atoms with Gasteiger partial charge in [0.05, 0.1) is 0 Å². The Labute approximate surface area is 729 Å². The monoisotopic (exact) mass is 1590 g/mol. The van der Waals surface area contributed by atoms with Gasteiger partial charge in [0.1, 0.15) is 0 Å². The van der Waals surface area contributed by atoms with E-state index in [9.17, 15) is 0 Å². The van der Waals surface area contributed by atoms with E-state index >= 15 is 0 Å². The molecule has 8 aliphatic carbocycles. The predicted octanol–water partition coefficient (Wildman–Crippen LogP) is 39.4. The summed E-state index contributed by atoms with van der Waals surface area (Å²) >= 11 is 0. The molecule has 664 valence electrons. The molecule has 8 saturated carbocycles. The van der Waals surface area contributed by atoms with Crippen molar-refractivity contribution in [3.63, 3.8) is 0 Å². The van der Waals surface area contributed by atoms with Gasteiger partial charge in [-0.15, -0.1) is 52.6 Å². The Morgan fingerprint density at radius 1 is 0.164 bits per heavy atom. The third-order valence-electron chi connectivity index (χ3n) is 27.3. The average molecular weight is 1590 g/mol. The van der Waals surface area contributed by atoms with Crippen LogP contribution in [0.5, 0.6) is 0 Å². The van der Waals surface area contributed by atoms with Gasteiger partial charge in [0, 0.05) is 0 Å². The van der Waals surface area contributed by atoms with Crippen molar-refractivity contribution in [3.8, 4) is 0 Å². The van der Waals surface area contributed by atoms with Crippen molar-refractivity contribution in [1.29, 1.82) is 0 Å². The molecule has 0 radical (unpaired) electrons. The van der Waals surface area contributed by atoms with E-state index in [-0.39, 0.29) is 0 Å². The van der Waals surface area contributed by atoms with E-state index in [1.54, 1.807) is 0 Å². The van der Waals surface area contributed by atoms with E-state index in [2.05, 4.69) is 254 Å². The van der Waals surface area contributed by atoms with Crippen LogP contribution in [0.25, 0.3) is 0 Å². The van der Waals surface area contributed by atoms with Crippen LogP contribution in [-0.2, 0) is 0 Å². The first-order valence-electron chi connectivity index (χ1n) is 51.2. The second-order valence-electron chi connectivity index (χ2n) is 37.3. The van der Waals surface area contributed by atoms with Crippen LogP contribution in [0.4, 0.5) is 0 Å². The molecule has 8 fully saturated rings. The number of unbranched alkanes of at least 4 members (excludes halogenated alkanes) is 21. The average Bonchev–Trinajstić information content (AvgIpc) is 0.970. The van der Waals surface area contributed by atoms with Gasteiger partial charge in [0.2, 0.25) is 0 Å². The van der Waals surface area contributed by atoms with Crippen molar-refractivity contribution < 1.29 is 0 Å². The molecule has 0 aliphatic heterocycles. The summed E-state index contributed by atoms with van der Waals surface area (Å²) in [5.41, 5.74) is 0. The van der Waals surface area contributed by atoms with Gasteiger partial charge in [0.25, 0.3) is 0 Å². The fraction of sp³-hybridized carbons (Fsp3) is 0.724. The van der Waals surface area contributed by atoms with Crippen molar-refractivity contribution in [2.45, 2.75) is 441 Å². The molecule has 0 N–H and O–H groups in total. The predicted molar refractivity (Wildman–Crippen MR) is 533 cm³/mol. The molecule has 0 spiro atoms. The zero-order chi connectivity index (χ0) is 84.6. The summed E-state index contributed by atoms with van der Waals surface area (Å²) in [6.45, 7) is 48.9. The fourth-order valence-corrected chi connectivity index (χ4v) is 18.5. The number of rotatable bonds is 44. The maximum Gasteiger partial charge on any atom is -0.0233 e. The van der Waals surface area contributed by atoms with Gasteiger partial charge < -0.3 is 0 Å². The lowest BCUT2D eigenvalue weighted by Gasteiger charge is -2.24. The molecule has 0 amide bonds. The van der Waals surface area contributed by atoms with E-state index < -0.39 is 0 Å². The summed E-state index contributed by atoms with van der Waals surface area (Å²) < 4.78 is 0. The molecule has 0 atom stereocenters. The van der Waals surface area contributed by atoms with Crippen LogP contribution in [0.1, 0.15) is 441 Å². The quantitative estimate of drug-likeness (QED) is 0.0421. The van der Waals surface area contributed by atoms with Crippen molar-refractivity contribution in [2.75, 3.05) is 0 Å². The molecule has 0 aromatic heterocycles. The molecule has 0 bridgehead atoms. The Morgan fingerprint density at radius 3 is 0.517 bits per heavy atom. The SMILES string of the molecule is C=CC1CCC(/C=C/C)CC1.C=CC1CCC(/C=C/CC)CC1.C=CC1CCC(/C=C/CCC)CC1.C=CC1CCC(/C=C/CCCC)CC1.C=CC1CCC(/C=C/CCCCC)CC1.C=CC1CCC(/C=C/CCCCCC)CC1.C=CC1CCC(/C=C/CCCCCCC)CC1.C=CC1CCC(/C=C/CCCCCCCC)CC1. The maximum atomic E-state index is 3.91. The highest BCUT2D eigenvalue weighted by Crippen LogP contribution is 2.37. The zero-order valence-electron chi connectivity index (χ0n) is 79.2. The molecular formula is C116H200. The normalized spacial score (nSPS) is 27.5. The molecule has 0 heteroatoms. The topological polar surface area (TPSA) is 0 Å². The van der Waals surface area contributed by atoms with Crippen molar-refractivity contribution in [3.05, 3.63) is 198 Å². The van der Waals surface area contributed by atoms with Gasteiger partial charge in [-0.25, -0.2) is 0 Å². The van der Waals surface area contributed by atoms with E-state index in [4.69, 9.17) is 0 Å². The lowest BCUT2D eigenvalue weighted by Crippen LogP contribution is -2.10. The van der Waals surface area contributed by atoms with Crippen LogP contribution in [0.2, 0.25) is 0 Å². The third-order valence-corrected chi connectivity index (χ3v) is 27.3. The molecule has 0 aromatic carbocycles. The van der Waals surface area contributed by atoms with E-state index in [1.807, 2.05) is 0 Å². The minimum atomic E-state index is 0.799. The minimum absolute atomic E-state index is 0.799. The lowest BCUT2D eigenvalue weighted by atomic mass is 9.82.